The number of hydrogen-bond acceptors (Lipinski definition) is 3. The highest BCUT2D eigenvalue weighted by atomic mass is 19.1. The fourth-order valence-electron chi connectivity index (χ4n) is 4.87. The van der Waals surface area contributed by atoms with Gasteiger partial charge in [0, 0.05) is 22.6 Å². The van der Waals surface area contributed by atoms with Crippen molar-refractivity contribution in [2.45, 2.75) is 45.4 Å². The van der Waals surface area contributed by atoms with Crippen LogP contribution in [0.25, 0.3) is 22.6 Å². The van der Waals surface area contributed by atoms with Gasteiger partial charge in [-0.25, -0.2) is 19.3 Å². The van der Waals surface area contributed by atoms with E-state index in [9.17, 15) is 4.39 Å². The predicted octanol–water partition coefficient (Wildman–Crippen LogP) is 4.21. The first-order valence-corrected chi connectivity index (χ1v) is 9.88. The minimum atomic E-state index is -0.308. The van der Waals surface area contributed by atoms with Crippen LogP contribution in [0.2, 0.25) is 0 Å². The zero-order valence-electron chi connectivity index (χ0n) is 16.9. The maximum Gasteiger partial charge on any atom is 0.195 e. The van der Waals surface area contributed by atoms with Gasteiger partial charge in [-0.15, -0.1) is 4.68 Å². The van der Waals surface area contributed by atoms with Gasteiger partial charge >= 0.3 is 0 Å². The van der Waals surface area contributed by atoms with Crippen LogP contribution >= 0.6 is 0 Å². The predicted molar refractivity (Wildman–Crippen MR) is 106 cm³/mol. The van der Waals surface area contributed by atoms with Crippen molar-refractivity contribution in [3.63, 3.8) is 0 Å². The lowest BCUT2D eigenvalue weighted by molar-refractivity contribution is -0.726. The number of rotatable bonds is 3. The summed E-state index contributed by atoms with van der Waals surface area (Å²) in [4.78, 5) is 13.6. The molecule has 0 bridgehead atoms. The number of nitrogens with one attached hydrogen (secondary N) is 1. The van der Waals surface area contributed by atoms with Crippen molar-refractivity contribution in [3.8, 4) is 22.6 Å². The van der Waals surface area contributed by atoms with Crippen molar-refractivity contribution in [3.05, 3.63) is 48.4 Å². The van der Waals surface area contributed by atoms with Crippen molar-refractivity contribution in [2.75, 3.05) is 0 Å². The molecule has 146 valence electrons. The summed E-state index contributed by atoms with van der Waals surface area (Å²) in [7, 11) is 1.90. The second-order valence-corrected chi connectivity index (χ2v) is 8.73. The minimum Gasteiger partial charge on any atom is -0.221 e. The largest absolute Gasteiger partial charge is 0.221 e. The SMILES string of the molecule is CC1CC(C)CC(C)(c2ncnc(-c3cc(F)cc(-c4cc[n+](C)[nH]4)c3)n2)C1. The molecular formula is C22H27FN5+. The molecular weight excluding hydrogens is 353 g/mol. The van der Waals surface area contributed by atoms with Gasteiger partial charge in [-0.05, 0) is 49.3 Å². The molecule has 28 heavy (non-hydrogen) atoms. The Labute approximate surface area is 165 Å². The lowest BCUT2D eigenvalue weighted by Gasteiger charge is -2.39. The Hall–Kier alpha value is -2.63. The second-order valence-electron chi connectivity index (χ2n) is 8.73. The Bertz CT molecular complexity index is 986. The molecule has 1 aromatic carbocycles. The van der Waals surface area contributed by atoms with Crippen LogP contribution in [0.1, 0.15) is 45.9 Å². The molecule has 5 nitrogen and oxygen atoms in total. The monoisotopic (exact) mass is 380 g/mol. The molecule has 2 heterocycles. The van der Waals surface area contributed by atoms with E-state index in [-0.39, 0.29) is 11.2 Å². The van der Waals surface area contributed by atoms with E-state index in [2.05, 4.69) is 35.8 Å². The molecule has 0 aliphatic heterocycles. The Kier molecular flexibility index (Phi) is 4.73. The molecule has 1 N–H and O–H groups in total. The molecule has 6 heteroatoms. The average Bonchev–Trinajstić information content (AvgIpc) is 3.07. The van der Waals surface area contributed by atoms with Crippen molar-refractivity contribution in [2.24, 2.45) is 18.9 Å². The summed E-state index contributed by atoms with van der Waals surface area (Å²) in [6.45, 7) is 6.84. The molecule has 2 aromatic heterocycles. The zero-order valence-corrected chi connectivity index (χ0v) is 16.9. The summed E-state index contributed by atoms with van der Waals surface area (Å²) in [5, 5.41) is 3.17. The number of aromatic amines is 1. The Morgan fingerprint density at radius 1 is 1.11 bits per heavy atom. The van der Waals surface area contributed by atoms with Gasteiger partial charge < -0.3 is 0 Å². The van der Waals surface area contributed by atoms with Gasteiger partial charge in [-0.3, -0.25) is 0 Å². The molecule has 3 aromatic rings. The summed E-state index contributed by atoms with van der Waals surface area (Å²) < 4.78 is 16.2. The quantitative estimate of drug-likeness (QED) is 0.693. The summed E-state index contributed by atoms with van der Waals surface area (Å²) in [6, 6.07) is 6.84. The van der Waals surface area contributed by atoms with Crippen LogP contribution in [0.4, 0.5) is 4.39 Å². The van der Waals surface area contributed by atoms with Gasteiger partial charge in [-0.2, -0.15) is 5.10 Å². The van der Waals surface area contributed by atoms with E-state index in [4.69, 9.17) is 4.98 Å². The normalized spacial score (nSPS) is 25.0. The lowest BCUT2D eigenvalue weighted by atomic mass is 9.67. The molecule has 0 radical (unpaired) electrons. The van der Waals surface area contributed by atoms with E-state index in [1.165, 1.54) is 18.6 Å². The lowest BCUT2D eigenvalue weighted by Crippen LogP contribution is -2.34. The van der Waals surface area contributed by atoms with Gasteiger partial charge in [-0.1, -0.05) is 20.8 Å². The third-order valence-corrected chi connectivity index (χ3v) is 5.74. The number of aromatic nitrogens is 5. The van der Waals surface area contributed by atoms with Crippen LogP contribution in [0.5, 0.6) is 0 Å². The number of halogens is 1. The molecule has 0 saturated heterocycles. The first-order valence-electron chi connectivity index (χ1n) is 9.88. The van der Waals surface area contributed by atoms with Crippen LogP contribution in [0, 0.1) is 17.7 Å². The fourth-order valence-corrected chi connectivity index (χ4v) is 4.87. The molecule has 4 rings (SSSR count). The van der Waals surface area contributed by atoms with E-state index in [1.54, 1.807) is 6.33 Å². The number of hydrogen-bond donors (Lipinski definition) is 1. The fraction of sp³-hybridized carbons (Fsp3) is 0.455. The second kappa shape index (κ2) is 7.08. The van der Waals surface area contributed by atoms with E-state index < -0.39 is 0 Å². The van der Waals surface area contributed by atoms with Crippen LogP contribution in [0.3, 0.4) is 0 Å². The third-order valence-electron chi connectivity index (χ3n) is 5.74. The Morgan fingerprint density at radius 3 is 2.50 bits per heavy atom. The Balaban J connectivity index is 1.73. The smallest absolute Gasteiger partial charge is 0.195 e. The molecule has 0 spiro atoms. The van der Waals surface area contributed by atoms with Crippen LogP contribution in [-0.2, 0) is 12.5 Å². The molecule has 2 unspecified atom stereocenters. The summed E-state index contributed by atoms with van der Waals surface area (Å²) in [5.74, 6) is 2.31. The summed E-state index contributed by atoms with van der Waals surface area (Å²) >= 11 is 0. The molecule has 1 aliphatic carbocycles. The molecule has 0 amide bonds. The van der Waals surface area contributed by atoms with E-state index in [0.717, 1.165) is 29.9 Å². The molecule has 1 aliphatic rings. The van der Waals surface area contributed by atoms with Crippen molar-refractivity contribution in [1.82, 2.24) is 20.1 Å². The van der Waals surface area contributed by atoms with Crippen molar-refractivity contribution in [1.29, 1.82) is 0 Å². The molecule has 1 saturated carbocycles. The first-order chi connectivity index (χ1) is 13.3. The number of benzene rings is 1. The van der Waals surface area contributed by atoms with Gasteiger partial charge in [0.05, 0.1) is 0 Å². The van der Waals surface area contributed by atoms with Crippen LogP contribution < -0.4 is 4.68 Å². The number of aryl methyl sites for hydroxylation is 1. The molecule has 1 fully saturated rings. The zero-order chi connectivity index (χ0) is 19.9. The molecule has 2 atom stereocenters. The Morgan fingerprint density at radius 2 is 1.82 bits per heavy atom. The number of nitrogens with zero attached hydrogens (tertiary/aromatic N) is 4. The van der Waals surface area contributed by atoms with Gasteiger partial charge in [0.2, 0.25) is 0 Å². The highest BCUT2D eigenvalue weighted by Gasteiger charge is 2.37. The third kappa shape index (κ3) is 3.68. The standard InChI is InChI=1S/C22H26FN5/c1-14-7-15(2)12-22(3,11-14)21-25-13-24-20(26-21)17-8-16(9-18(23)10-17)19-5-6-28(4)27-19/h5-6,8-10,13-15H,7,11-12H2,1-4H3/p+1. The minimum absolute atomic E-state index is 0.0713. The van der Waals surface area contributed by atoms with E-state index in [0.29, 0.717) is 23.2 Å². The number of H-pyrrole nitrogens is 1. The van der Waals surface area contributed by atoms with Crippen molar-refractivity contribution < 1.29 is 9.07 Å². The maximum absolute atomic E-state index is 14.3. The highest BCUT2D eigenvalue weighted by Crippen LogP contribution is 2.43. The van der Waals surface area contributed by atoms with Gasteiger partial charge in [0.1, 0.15) is 23.7 Å². The topological polar surface area (TPSA) is 58.3 Å². The van der Waals surface area contributed by atoms with Crippen LogP contribution in [0.15, 0.2) is 36.8 Å². The summed E-state index contributed by atoms with van der Waals surface area (Å²) in [5.41, 5.74) is 2.21. The van der Waals surface area contributed by atoms with E-state index >= 15 is 0 Å². The first kappa shape index (κ1) is 18.7. The van der Waals surface area contributed by atoms with E-state index in [1.807, 2.05) is 30.1 Å². The van der Waals surface area contributed by atoms with Gasteiger partial charge in [0.15, 0.2) is 19.1 Å². The summed E-state index contributed by atoms with van der Waals surface area (Å²) in [6.07, 6.45) is 6.83. The van der Waals surface area contributed by atoms with Gasteiger partial charge in [0.25, 0.3) is 0 Å². The van der Waals surface area contributed by atoms with Crippen molar-refractivity contribution >= 4 is 0 Å². The van der Waals surface area contributed by atoms with Crippen LogP contribution in [-0.4, -0.2) is 20.1 Å². The average molecular weight is 380 g/mol. The highest BCUT2D eigenvalue weighted by molar-refractivity contribution is 5.67. The maximum atomic E-state index is 14.3.